The topological polar surface area (TPSA) is 61.4 Å². The van der Waals surface area contributed by atoms with Crippen LogP contribution in [0.2, 0.25) is 0 Å². The number of benzene rings is 2. The van der Waals surface area contributed by atoms with Gasteiger partial charge in [-0.2, -0.15) is 0 Å². The monoisotopic (exact) mass is 368 g/mol. The Morgan fingerprint density at radius 2 is 1.59 bits per heavy atom. The Morgan fingerprint density at radius 3 is 2.07 bits per heavy atom. The Morgan fingerprint density at radius 1 is 1.04 bits per heavy atom. The molecule has 0 radical (unpaired) electrons. The van der Waals surface area contributed by atoms with Crippen LogP contribution in [0.3, 0.4) is 0 Å². The van der Waals surface area contributed by atoms with E-state index < -0.39 is 5.41 Å². The summed E-state index contributed by atoms with van der Waals surface area (Å²) < 4.78 is 0. The van der Waals surface area contributed by atoms with Gasteiger partial charge < -0.3 is 15.7 Å². The molecule has 0 aromatic heterocycles. The third-order valence-corrected chi connectivity index (χ3v) is 5.43. The minimum atomic E-state index is -0.681. The van der Waals surface area contributed by atoms with Gasteiger partial charge in [-0.25, -0.2) is 0 Å². The first-order chi connectivity index (χ1) is 12.9. The van der Waals surface area contributed by atoms with Gasteiger partial charge in [-0.05, 0) is 37.0 Å². The smallest absolute Gasteiger partial charge is 0.228 e. The maximum absolute atomic E-state index is 13.3. The second kappa shape index (κ2) is 9.56. The molecular weight excluding hydrogens is 336 g/mol. The molecular formula is C23H32N2O2. The van der Waals surface area contributed by atoms with Crippen molar-refractivity contribution in [1.29, 1.82) is 0 Å². The van der Waals surface area contributed by atoms with Gasteiger partial charge in [-0.1, -0.05) is 69.3 Å². The van der Waals surface area contributed by atoms with Crippen LogP contribution in [0.15, 0.2) is 60.7 Å². The minimum absolute atomic E-state index is 0.0463. The van der Waals surface area contributed by atoms with E-state index in [1.165, 1.54) is 0 Å². The van der Waals surface area contributed by atoms with Crippen molar-refractivity contribution in [3.05, 3.63) is 66.2 Å². The predicted octanol–water partition coefficient (Wildman–Crippen LogP) is 4.39. The van der Waals surface area contributed by atoms with Crippen molar-refractivity contribution in [2.24, 2.45) is 11.3 Å². The molecule has 146 valence electrons. The van der Waals surface area contributed by atoms with E-state index in [9.17, 15) is 9.90 Å². The molecule has 4 nitrogen and oxygen atoms in total. The number of aliphatic hydroxyl groups is 1. The molecule has 0 aliphatic heterocycles. The molecule has 0 unspecified atom stereocenters. The van der Waals surface area contributed by atoms with Gasteiger partial charge in [0.25, 0.3) is 0 Å². The SMILES string of the molecule is CC[C@](C)(C(=O)N[C@H](CO)C(C)C)[C@@H](Nc1ccccc1)c1ccccc1. The number of nitrogens with one attached hydrogen (secondary N) is 2. The molecule has 2 aromatic carbocycles. The van der Waals surface area contributed by atoms with Gasteiger partial charge in [0.2, 0.25) is 5.91 Å². The lowest BCUT2D eigenvalue weighted by molar-refractivity contribution is -0.132. The Balaban J connectivity index is 2.39. The number of para-hydroxylation sites is 1. The van der Waals surface area contributed by atoms with Crippen LogP contribution in [0.5, 0.6) is 0 Å². The van der Waals surface area contributed by atoms with Gasteiger partial charge in [0.15, 0.2) is 0 Å². The van der Waals surface area contributed by atoms with Gasteiger partial charge in [0, 0.05) is 5.69 Å². The summed E-state index contributed by atoms with van der Waals surface area (Å²) in [6.45, 7) is 7.96. The van der Waals surface area contributed by atoms with Crippen LogP contribution in [0.1, 0.15) is 45.7 Å². The quantitative estimate of drug-likeness (QED) is 0.615. The molecule has 0 saturated heterocycles. The molecule has 0 spiro atoms. The van der Waals surface area contributed by atoms with Gasteiger partial charge >= 0.3 is 0 Å². The molecule has 2 rings (SSSR count). The van der Waals surface area contributed by atoms with Crippen LogP contribution in [0.25, 0.3) is 0 Å². The third kappa shape index (κ3) is 5.10. The Bertz CT molecular complexity index is 703. The highest BCUT2D eigenvalue weighted by Gasteiger charge is 2.41. The van der Waals surface area contributed by atoms with E-state index in [-0.39, 0.29) is 30.5 Å². The van der Waals surface area contributed by atoms with Crippen LogP contribution >= 0.6 is 0 Å². The fourth-order valence-corrected chi connectivity index (χ4v) is 3.21. The first kappa shape index (κ1) is 21.0. The Labute approximate surface area is 163 Å². The maximum atomic E-state index is 13.3. The Hall–Kier alpha value is -2.33. The summed E-state index contributed by atoms with van der Waals surface area (Å²) in [5, 5.41) is 16.3. The summed E-state index contributed by atoms with van der Waals surface area (Å²) >= 11 is 0. The summed E-state index contributed by atoms with van der Waals surface area (Å²) in [7, 11) is 0. The minimum Gasteiger partial charge on any atom is -0.394 e. The van der Waals surface area contributed by atoms with Crippen molar-refractivity contribution in [3.8, 4) is 0 Å². The summed E-state index contributed by atoms with van der Waals surface area (Å²) in [6, 6.07) is 19.6. The molecule has 4 heteroatoms. The largest absolute Gasteiger partial charge is 0.394 e. The Kier molecular flexibility index (Phi) is 7.43. The van der Waals surface area contributed by atoms with Gasteiger partial charge in [-0.3, -0.25) is 4.79 Å². The van der Waals surface area contributed by atoms with Crippen LogP contribution in [-0.2, 0) is 4.79 Å². The number of carbonyl (C=O) groups is 1. The molecule has 1 amide bonds. The van der Waals surface area contributed by atoms with E-state index in [2.05, 4.69) is 10.6 Å². The summed E-state index contributed by atoms with van der Waals surface area (Å²) in [5.74, 6) is 0.118. The summed E-state index contributed by atoms with van der Waals surface area (Å²) in [4.78, 5) is 13.3. The second-order valence-corrected chi connectivity index (χ2v) is 7.63. The average molecular weight is 369 g/mol. The van der Waals surface area contributed by atoms with Crippen molar-refractivity contribution in [2.45, 2.75) is 46.2 Å². The molecule has 0 fully saturated rings. The zero-order valence-corrected chi connectivity index (χ0v) is 16.8. The first-order valence-corrected chi connectivity index (χ1v) is 9.70. The number of anilines is 1. The van der Waals surface area contributed by atoms with Crippen LogP contribution in [-0.4, -0.2) is 23.7 Å². The molecule has 2 aromatic rings. The fourth-order valence-electron chi connectivity index (χ4n) is 3.21. The van der Waals surface area contributed by atoms with Gasteiger partial charge in [0.1, 0.15) is 0 Å². The van der Waals surface area contributed by atoms with Gasteiger partial charge in [-0.15, -0.1) is 0 Å². The fraction of sp³-hybridized carbons (Fsp3) is 0.435. The molecule has 0 bridgehead atoms. The standard InChI is InChI=1S/C23H32N2O2/c1-5-23(4,22(27)25-20(16-26)17(2)3)21(18-12-8-6-9-13-18)24-19-14-10-7-11-15-19/h6-15,17,20-21,24,26H,5,16H2,1-4H3,(H,25,27)/t20-,21+,23+/m1/s1. The lowest BCUT2D eigenvalue weighted by Gasteiger charge is -2.38. The molecule has 0 saturated carbocycles. The van der Waals surface area contributed by atoms with E-state index in [1.54, 1.807) is 0 Å². The van der Waals surface area contributed by atoms with Crippen molar-refractivity contribution in [3.63, 3.8) is 0 Å². The molecule has 3 atom stereocenters. The number of hydrogen-bond donors (Lipinski definition) is 3. The normalized spacial score (nSPS) is 15.6. The second-order valence-electron chi connectivity index (χ2n) is 7.63. The third-order valence-electron chi connectivity index (χ3n) is 5.43. The zero-order chi connectivity index (χ0) is 19.9. The first-order valence-electron chi connectivity index (χ1n) is 9.70. The van der Waals surface area contributed by atoms with Crippen LogP contribution in [0.4, 0.5) is 5.69 Å². The van der Waals surface area contributed by atoms with Crippen molar-refractivity contribution >= 4 is 11.6 Å². The van der Waals surface area contributed by atoms with Crippen LogP contribution in [0, 0.1) is 11.3 Å². The highest BCUT2D eigenvalue weighted by molar-refractivity contribution is 5.84. The van der Waals surface area contributed by atoms with Gasteiger partial charge in [0.05, 0.1) is 24.1 Å². The molecule has 0 heterocycles. The lowest BCUT2D eigenvalue weighted by Crippen LogP contribution is -2.51. The molecule has 3 N–H and O–H groups in total. The summed E-state index contributed by atoms with van der Waals surface area (Å²) in [6.07, 6.45) is 0.661. The van der Waals surface area contributed by atoms with Crippen molar-refractivity contribution in [2.75, 3.05) is 11.9 Å². The highest BCUT2D eigenvalue weighted by atomic mass is 16.3. The molecule has 0 aliphatic rings. The van der Waals surface area contributed by atoms with E-state index in [0.29, 0.717) is 6.42 Å². The highest BCUT2D eigenvalue weighted by Crippen LogP contribution is 2.40. The maximum Gasteiger partial charge on any atom is 0.228 e. The van der Waals surface area contributed by atoms with Crippen molar-refractivity contribution < 1.29 is 9.90 Å². The van der Waals surface area contributed by atoms with E-state index in [4.69, 9.17) is 0 Å². The lowest BCUT2D eigenvalue weighted by atomic mass is 9.75. The van der Waals surface area contributed by atoms with E-state index >= 15 is 0 Å². The molecule has 0 aliphatic carbocycles. The number of aliphatic hydroxyl groups excluding tert-OH is 1. The predicted molar refractivity (Wildman–Crippen MR) is 112 cm³/mol. The molecule has 27 heavy (non-hydrogen) atoms. The number of rotatable bonds is 9. The van der Waals surface area contributed by atoms with E-state index in [0.717, 1.165) is 11.3 Å². The van der Waals surface area contributed by atoms with Crippen LogP contribution < -0.4 is 10.6 Å². The number of hydrogen-bond acceptors (Lipinski definition) is 3. The zero-order valence-electron chi connectivity index (χ0n) is 16.8. The summed E-state index contributed by atoms with van der Waals surface area (Å²) in [5.41, 5.74) is 1.35. The van der Waals surface area contributed by atoms with E-state index in [1.807, 2.05) is 88.4 Å². The average Bonchev–Trinajstić information content (AvgIpc) is 2.70. The number of carbonyl (C=O) groups excluding carboxylic acids is 1. The number of amides is 1. The van der Waals surface area contributed by atoms with Crippen molar-refractivity contribution in [1.82, 2.24) is 5.32 Å².